The van der Waals surface area contributed by atoms with Gasteiger partial charge >= 0.3 is 5.97 Å². The molecule has 0 atom stereocenters. The molecule has 142 valence electrons. The molecule has 0 spiro atoms. The minimum atomic E-state index is -0.987. The molecular weight excluding hydrogens is 384 g/mol. The number of hydrogen-bond donors (Lipinski definition) is 2. The largest absolute Gasteiger partial charge is 0.478 e. The van der Waals surface area contributed by atoms with Crippen LogP contribution in [0.2, 0.25) is 0 Å². The molecule has 0 saturated carbocycles. The summed E-state index contributed by atoms with van der Waals surface area (Å²) in [7, 11) is 1.91. The third-order valence-corrected chi connectivity index (χ3v) is 5.81. The van der Waals surface area contributed by atoms with Gasteiger partial charge in [-0.1, -0.05) is 30.0 Å². The molecule has 0 radical (unpaired) electrons. The van der Waals surface area contributed by atoms with Crippen LogP contribution in [0.25, 0.3) is 33.3 Å². The number of aromatic amines is 1. The van der Waals surface area contributed by atoms with Gasteiger partial charge in [0, 0.05) is 28.4 Å². The van der Waals surface area contributed by atoms with Crippen LogP contribution >= 0.6 is 11.8 Å². The van der Waals surface area contributed by atoms with Gasteiger partial charge in [0.15, 0.2) is 0 Å². The number of carbonyl (C=O) groups is 1. The number of H-pyrrole nitrogens is 1. The van der Waals surface area contributed by atoms with E-state index in [-0.39, 0.29) is 5.56 Å². The lowest BCUT2D eigenvalue weighted by Gasteiger charge is -2.02. The van der Waals surface area contributed by atoms with Gasteiger partial charge < -0.3 is 10.1 Å². The van der Waals surface area contributed by atoms with Crippen LogP contribution in [0, 0.1) is 0 Å². The summed E-state index contributed by atoms with van der Waals surface area (Å²) in [6, 6.07) is 19.8. The second-order valence-electron chi connectivity index (χ2n) is 6.67. The summed E-state index contributed by atoms with van der Waals surface area (Å²) in [5, 5.41) is 15.1. The van der Waals surface area contributed by atoms with Crippen LogP contribution in [-0.2, 0) is 7.05 Å². The number of benzene rings is 2. The summed E-state index contributed by atoms with van der Waals surface area (Å²) in [4.78, 5) is 21.3. The molecular formula is C22H16N4O2S. The number of nitrogens with zero attached hydrogens (tertiary/aromatic N) is 3. The normalized spacial score (nSPS) is 11.3. The van der Waals surface area contributed by atoms with Crippen molar-refractivity contribution in [3.63, 3.8) is 0 Å². The molecule has 2 aromatic carbocycles. The molecule has 0 aliphatic carbocycles. The summed E-state index contributed by atoms with van der Waals surface area (Å²) >= 11 is 1.70. The Hall–Kier alpha value is -3.58. The van der Waals surface area contributed by atoms with Gasteiger partial charge in [0.2, 0.25) is 0 Å². The first-order valence-corrected chi connectivity index (χ1v) is 9.83. The Bertz CT molecular complexity index is 1370. The topological polar surface area (TPSA) is 83.8 Å². The van der Waals surface area contributed by atoms with E-state index in [1.165, 1.54) is 17.2 Å². The molecule has 0 aliphatic heterocycles. The average molecular weight is 400 g/mol. The highest BCUT2D eigenvalue weighted by Crippen LogP contribution is 2.34. The monoisotopic (exact) mass is 400 g/mol. The number of pyridine rings is 1. The Morgan fingerprint density at radius 3 is 2.69 bits per heavy atom. The van der Waals surface area contributed by atoms with Crippen molar-refractivity contribution in [2.75, 3.05) is 0 Å². The van der Waals surface area contributed by atoms with E-state index in [9.17, 15) is 9.90 Å². The number of nitrogens with one attached hydrogen (secondary N) is 1. The maximum Gasteiger partial charge on any atom is 0.337 e. The average Bonchev–Trinajstić information content (AvgIpc) is 3.29. The fourth-order valence-electron chi connectivity index (χ4n) is 3.46. The lowest BCUT2D eigenvalue weighted by molar-refractivity contribution is 0.0698. The molecule has 0 fully saturated rings. The minimum absolute atomic E-state index is 0.197. The second kappa shape index (κ2) is 6.79. The van der Waals surface area contributed by atoms with E-state index in [4.69, 9.17) is 0 Å². The predicted octanol–water partition coefficient (Wildman–Crippen LogP) is 4.97. The third-order valence-electron chi connectivity index (χ3n) is 4.81. The fraction of sp³-hybridized carbons (Fsp3) is 0.0455. The van der Waals surface area contributed by atoms with Crippen LogP contribution in [0.15, 0.2) is 76.7 Å². The van der Waals surface area contributed by atoms with Crippen LogP contribution in [0.1, 0.15) is 10.4 Å². The van der Waals surface area contributed by atoms with E-state index in [0.717, 1.165) is 27.2 Å². The number of carboxylic acid groups (broad SMARTS) is 1. The zero-order valence-electron chi connectivity index (χ0n) is 15.5. The highest BCUT2D eigenvalue weighted by molar-refractivity contribution is 7.99. The highest BCUT2D eigenvalue weighted by Gasteiger charge is 2.17. The van der Waals surface area contributed by atoms with Gasteiger partial charge in [0.05, 0.1) is 27.8 Å². The Kier molecular flexibility index (Phi) is 4.10. The zero-order chi connectivity index (χ0) is 20.0. The Balaban J connectivity index is 1.60. The van der Waals surface area contributed by atoms with Gasteiger partial charge in [-0.15, -0.1) is 0 Å². The number of aromatic nitrogens is 4. The Morgan fingerprint density at radius 2 is 1.90 bits per heavy atom. The number of rotatable bonds is 4. The van der Waals surface area contributed by atoms with Crippen LogP contribution in [-0.4, -0.2) is 30.8 Å². The lowest BCUT2D eigenvalue weighted by Crippen LogP contribution is -1.97. The summed E-state index contributed by atoms with van der Waals surface area (Å²) in [5.41, 5.74) is 3.83. The van der Waals surface area contributed by atoms with E-state index in [1.807, 2.05) is 36.0 Å². The fourth-order valence-corrected chi connectivity index (χ4v) is 4.33. The minimum Gasteiger partial charge on any atom is -0.478 e. The van der Waals surface area contributed by atoms with Gasteiger partial charge in [-0.3, -0.25) is 9.67 Å². The number of hydrogen-bond acceptors (Lipinski definition) is 4. The first kappa shape index (κ1) is 17.5. The molecule has 5 rings (SSSR count). The van der Waals surface area contributed by atoms with E-state index in [2.05, 4.69) is 45.4 Å². The van der Waals surface area contributed by atoms with Crippen LogP contribution in [0.3, 0.4) is 0 Å². The molecule has 3 aromatic heterocycles. The summed E-state index contributed by atoms with van der Waals surface area (Å²) in [5.74, 6) is -0.987. The SMILES string of the molecule is Cn1nc(-c2cc3nccc(C(=O)O)c3[nH]2)c2ccc(Sc3ccccc3)cc21. The summed E-state index contributed by atoms with van der Waals surface area (Å²) < 4.78 is 1.84. The van der Waals surface area contributed by atoms with Gasteiger partial charge in [0.1, 0.15) is 5.69 Å². The molecule has 5 aromatic rings. The predicted molar refractivity (Wildman–Crippen MR) is 113 cm³/mol. The molecule has 2 N–H and O–H groups in total. The van der Waals surface area contributed by atoms with E-state index < -0.39 is 5.97 Å². The summed E-state index contributed by atoms with van der Waals surface area (Å²) in [6.45, 7) is 0. The Labute approximate surface area is 170 Å². The number of carboxylic acids is 1. The van der Waals surface area contributed by atoms with Crippen LogP contribution < -0.4 is 0 Å². The molecule has 29 heavy (non-hydrogen) atoms. The van der Waals surface area contributed by atoms with E-state index >= 15 is 0 Å². The molecule has 0 bridgehead atoms. The van der Waals surface area contributed by atoms with Crippen LogP contribution in [0.5, 0.6) is 0 Å². The van der Waals surface area contributed by atoms with Crippen molar-refractivity contribution in [1.82, 2.24) is 19.7 Å². The second-order valence-corrected chi connectivity index (χ2v) is 7.82. The van der Waals surface area contributed by atoms with Crippen molar-refractivity contribution < 1.29 is 9.90 Å². The van der Waals surface area contributed by atoms with Gasteiger partial charge in [-0.25, -0.2) is 4.79 Å². The number of fused-ring (bicyclic) bond motifs is 2. The smallest absolute Gasteiger partial charge is 0.337 e. The maximum atomic E-state index is 11.5. The van der Waals surface area contributed by atoms with Crippen molar-refractivity contribution in [2.45, 2.75) is 9.79 Å². The van der Waals surface area contributed by atoms with Gasteiger partial charge in [-0.2, -0.15) is 5.10 Å². The van der Waals surface area contributed by atoms with Crippen molar-refractivity contribution >= 4 is 39.7 Å². The number of aryl methyl sites for hydroxylation is 1. The maximum absolute atomic E-state index is 11.5. The zero-order valence-corrected chi connectivity index (χ0v) is 16.3. The molecule has 0 amide bonds. The van der Waals surface area contributed by atoms with Gasteiger partial charge in [-0.05, 0) is 42.5 Å². The highest BCUT2D eigenvalue weighted by atomic mass is 32.2. The molecule has 0 unspecified atom stereocenters. The van der Waals surface area contributed by atoms with Crippen molar-refractivity contribution in [2.24, 2.45) is 7.05 Å². The van der Waals surface area contributed by atoms with Crippen molar-refractivity contribution in [3.8, 4) is 11.4 Å². The molecule has 0 aliphatic rings. The standard InChI is InChI=1S/C22H16N4O2S/c1-26-19-11-14(29-13-5-3-2-4-6-13)7-8-15(19)21(25-26)18-12-17-20(24-18)16(22(27)28)9-10-23-17/h2-12,24H,1H3,(H,27,28). The Morgan fingerprint density at radius 1 is 1.07 bits per heavy atom. The molecule has 7 heteroatoms. The van der Waals surface area contributed by atoms with E-state index in [1.54, 1.807) is 11.8 Å². The molecule has 0 saturated heterocycles. The summed E-state index contributed by atoms with van der Waals surface area (Å²) in [6.07, 6.45) is 1.51. The van der Waals surface area contributed by atoms with E-state index in [0.29, 0.717) is 11.0 Å². The quantitative estimate of drug-likeness (QED) is 0.445. The van der Waals surface area contributed by atoms with Gasteiger partial charge in [0.25, 0.3) is 0 Å². The molecule has 3 heterocycles. The third kappa shape index (κ3) is 3.05. The first-order valence-electron chi connectivity index (χ1n) is 9.01. The first-order chi connectivity index (χ1) is 14.1. The van der Waals surface area contributed by atoms with Crippen molar-refractivity contribution in [1.29, 1.82) is 0 Å². The van der Waals surface area contributed by atoms with Crippen LogP contribution in [0.4, 0.5) is 0 Å². The molecule has 6 nitrogen and oxygen atoms in total. The number of aromatic carboxylic acids is 1. The van der Waals surface area contributed by atoms with Crippen molar-refractivity contribution in [3.05, 3.63) is 72.4 Å². The lowest BCUT2D eigenvalue weighted by atomic mass is 10.1.